The fourth-order valence-corrected chi connectivity index (χ4v) is 1.27. The van der Waals surface area contributed by atoms with Gasteiger partial charge in [-0.1, -0.05) is 5.21 Å². The van der Waals surface area contributed by atoms with Crippen LogP contribution in [0.4, 0.5) is 0 Å². The van der Waals surface area contributed by atoms with Crippen molar-refractivity contribution in [2.24, 2.45) is 0 Å². The molecule has 0 fully saturated rings. The second kappa shape index (κ2) is 2.97. The van der Waals surface area contributed by atoms with E-state index in [1.165, 1.54) is 0 Å². The Hall–Kier alpha value is -1.71. The molecule has 0 aliphatic heterocycles. The lowest BCUT2D eigenvalue weighted by Crippen LogP contribution is -1.97. The van der Waals surface area contributed by atoms with Gasteiger partial charge < -0.3 is 0 Å². The lowest BCUT2D eigenvalue weighted by Gasteiger charge is -1.97. The van der Waals surface area contributed by atoms with Gasteiger partial charge in [0.15, 0.2) is 0 Å². The number of hydrogen-bond acceptors (Lipinski definition) is 3. The van der Waals surface area contributed by atoms with Crippen LogP contribution in [0, 0.1) is 0 Å². The fourth-order valence-electron chi connectivity index (χ4n) is 1.27. The van der Waals surface area contributed by atoms with Gasteiger partial charge in [-0.15, -0.1) is 5.10 Å². The Balaban J connectivity index is 2.42. The van der Waals surface area contributed by atoms with E-state index in [-0.39, 0.29) is 5.78 Å². The molecule has 0 N–H and O–H groups in total. The first-order chi connectivity index (χ1) is 6.25. The zero-order chi connectivity index (χ0) is 9.26. The quantitative estimate of drug-likeness (QED) is 0.680. The molecule has 0 unspecified atom stereocenters. The molecule has 4 heteroatoms. The first-order valence-electron chi connectivity index (χ1n) is 4.04. The van der Waals surface area contributed by atoms with Crippen LogP contribution < -0.4 is 0 Å². The van der Waals surface area contributed by atoms with Crippen LogP contribution in [-0.2, 0) is 11.2 Å². The highest BCUT2D eigenvalue weighted by molar-refractivity contribution is 5.78. The van der Waals surface area contributed by atoms with E-state index in [0.717, 1.165) is 11.1 Å². The van der Waals surface area contributed by atoms with Gasteiger partial charge in [0.2, 0.25) is 0 Å². The molecule has 0 atom stereocenters. The van der Waals surface area contributed by atoms with Gasteiger partial charge >= 0.3 is 0 Å². The van der Waals surface area contributed by atoms with Crippen LogP contribution in [0.3, 0.4) is 0 Å². The molecule has 0 saturated carbocycles. The maximum Gasteiger partial charge on any atom is 0.134 e. The summed E-state index contributed by atoms with van der Waals surface area (Å²) in [5.74, 6) is 0.164. The average molecular weight is 175 g/mol. The van der Waals surface area contributed by atoms with Gasteiger partial charge in [-0.25, -0.2) is 4.52 Å². The summed E-state index contributed by atoms with van der Waals surface area (Å²) in [6.45, 7) is 1.58. The summed E-state index contributed by atoms with van der Waals surface area (Å²) >= 11 is 0. The molecule has 0 bridgehead atoms. The van der Waals surface area contributed by atoms with E-state index in [1.54, 1.807) is 23.8 Å². The Morgan fingerprint density at radius 1 is 1.62 bits per heavy atom. The number of rotatable bonds is 2. The number of aromatic nitrogens is 3. The van der Waals surface area contributed by atoms with Crippen LogP contribution in [0.1, 0.15) is 12.5 Å². The fraction of sp³-hybridized carbons (Fsp3) is 0.222. The Bertz CT molecular complexity index is 447. The van der Waals surface area contributed by atoms with Crippen molar-refractivity contribution < 1.29 is 4.79 Å². The van der Waals surface area contributed by atoms with Gasteiger partial charge in [0.25, 0.3) is 0 Å². The molecule has 13 heavy (non-hydrogen) atoms. The molecule has 0 amide bonds. The Morgan fingerprint density at radius 3 is 3.23 bits per heavy atom. The normalized spacial score (nSPS) is 10.5. The second-order valence-corrected chi connectivity index (χ2v) is 3.02. The summed E-state index contributed by atoms with van der Waals surface area (Å²) < 4.78 is 1.67. The molecule has 4 nitrogen and oxygen atoms in total. The Labute approximate surface area is 75.2 Å². The monoisotopic (exact) mass is 175 g/mol. The number of carbonyl (C=O) groups excluding carboxylic acids is 1. The zero-order valence-electron chi connectivity index (χ0n) is 7.27. The maximum atomic E-state index is 10.8. The molecule has 0 aliphatic carbocycles. The summed E-state index contributed by atoms with van der Waals surface area (Å²) in [5.41, 5.74) is 1.92. The highest BCUT2D eigenvalue weighted by Crippen LogP contribution is 2.05. The van der Waals surface area contributed by atoms with Gasteiger partial charge in [-0.3, -0.25) is 4.79 Å². The Morgan fingerprint density at radius 2 is 2.46 bits per heavy atom. The zero-order valence-corrected chi connectivity index (χ0v) is 7.27. The van der Waals surface area contributed by atoms with Crippen molar-refractivity contribution in [1.82, 2.24) is 14.8 Å². The molecule has 66 valence electrons. The van der Waals surface area contributed by atoms with Crippen LogP contribution in [0.5, 0.6) is 0 Å². The number of fused-ring (bicyclic) bond motifs is 1. The van der Waals surface area contributed by atoms with Gasteiger partial charge in [0.1, 0.15) is 5.78 Å². The minimum Gasteiger partial charge on any atom is -0.300 e. The van der Waals surface area contributed by atoms with Crippen molar-refractivity contribution in [3.63, 3.8) is 0 Å². The maximum absolute atomic E-state index is 10.8. The lowest BCUT2D eigenvalue weighted by atomic mass is 10.1. The molecule has 2 aromatic rings. The van der Waals surface area contributed by atoms with E-state index in [9.17, 15) is 4.79 Å². The largest absolute Gasteiger partial charge is 0.300 e. The summed E-state index contributed by atoms with van der Waals surface area (Å²) in [5, 5.41) is 7.57. The molecule has 2 rings (SSSR count). The van der Waals surface area contributed by atoms with Crippen molar-refractivity contribution in [2.75, 3.05) is 0 Å². The third-order valence-electron chi connectivity index (χ3n) is 1.82. The minimum absolute atomic E-state index is 0.164. The number of carbonyl (C=O) groups is 1. The van der Waals surface area contributed by atoms with E-state index < -0.39 is 0 Å². The molecular formula is C9H9N3O. The number of ketones is 1. The molecular weight excluding hydrogens is 166 g/mol. The van der Waals surface area contributed by atoms with Gasteiger partial charge in [-0.05, 0) is 24.6 Å². The van der Waals surface area contributed by atoms with Gasteiger partial charge in [-0.2, -0.15) is 0 Å². The van der Waals surface area contributed by atoms with Gasteiger partial charge in [0, 0.05) is 12.6 Å². The highest BCUT2D eigenvalue weighted by atomic mass is 16.1. The van der Waals surface area contributed by atoms with E-state index in [2.05, 4.69) is 10.3 Å². The van der Waals surface area contributed by atoms with E-state index in [4.69, 9.17) is 0 Å². The molecule has 2 heterocycles. The summed E-state index contributed by atoms with van der Waals surface area (Å²) in [6.07, 6.45) is 3.95. The van der Waals surface area contributed by atoms with Crippen molar-refractivity contribution in [3.8, 4) is 0 Å². The summed E-state index contributed by atoms with van der Waals surface area (Å²) in [6, 6.07) is 3.80. The van der Waals surface area contributed by atoms with Crippen molar-refractivity contribution in [1.29, 1.82) is 0 Å². The highest BCUT2D eigenvalue weighted by Gasteiger charge is 1.99. The van der Waals surface area contributed by atoms with Crippen LogP contribution >= 0.6 is 0 Å². The first kappa shape index (κ1) is 7.91. The number of hydrogen-bond donors (Lipinski definition) is 0. The number of Topliss-reactive ketones (excluding diaryl/α,β-unsaturated/α-hetero) is 1. The second-order valence-electron chi connectivity index (χ2n) is 3.02. The average Bonchev–Trinajstić information content (AvgIpc) is 2.49. The molecule has 0 aromatic carbocycles. The van der Waals surface area contributed by atoms with Crippen molar-refractivity contribution in [3.05, 3.63) is 30.1 Å². The van der Waals surface area contributed by atoms with E-state index in [0.29, 0.717) is 6.42 Å². The molecule has 0 radical (unpaired) electrons. The minimum atomic E-state index is 0.164. The summed E-state index contributed by atoms with van der Waals surface area (Å²) in [7, 11) is 0. The third-order valence-corrected chi connectivity index (χ3v) is 1.82. The van der Waals surface area contributed by atoms with Crippen LogP contribution in [0.2, 0.25) is 0 Å². The topological polar surface area (TPSA) is 47.3 Å². The third kappa shape index (κ3) is 1.56. The number of pyridine rings is 1. The Kier molecular flexibility index (Phi) is 1.81. The van der Waals surface area contributed by atoms with Gasteiger partial charge in [0.05, 0.1) is 11.7 Å². The molecule has 0 saturated heterocycles. The SMILES string of the molecule is CC(=O)Cc1ccn2nncc2c1. The van der Waals surface area contributed by atoms with Crippen LogP contribution in [0.25, 0.3) is 5.52 Å². The van der Waals surface area contributed by atoms with Crippen molar-refractivity contribution >= 4 is 11.3 Å². The number of nitrogens with zero attached hydrogens (tertiary/aromatic N) is 3. The smallest absolute Gasteiger partial charge is 0.134 e. The first-order valence-corrected chi connectivity index (χ1v) is 4.04. The standard InChI is InChI=1S/C9H9N3O/c1-7(13)4-8-2-3-12-9(5-8)6-10-11-12/h2-3,5-6H,4H2,1H3. The molecule has 0 aliphatic rings. The summed E-state index contributed by atoms with van der Waals surface area (Å²) in [4.78, 5) is 10.8. The predicted octanol–water partition coefficient (Wildman–Crippen LogP) is 0.861. The van der Waals surface area contributed by atoms with Crippen molar-refractivity contribution in [2.45, 2.75) is 13.3 Å². The van der Waals surface area contributed by atoms with Crippen LogP contribution in [-0.4, -0.2) is 20.6 Å². The lowest BCUT2D eigenvalue weighted by molar-refractivity contribution is -0.116. The molecule has 2 aromatic heterocycles. The predicted molar refractivity (Wildman–Crippen MR) is 47.4 cm³/mol. The van der Waals surface area contributed by atoms with E-state index >= 15 is 0 Å². The molecule has 0 spiro atoms. The van der Waals surface area contributed by atoms with Crippen LogP contribution in [0.15, 0.2) is 24.5 Å². The van der Waals surface area contributed by atoms with E-state index in [1.807, 2.05) is 12.1 Å².